The van der Waals surface area contributed by atoms with Gasteiger partial charge in [0.05, 0.1) is 11.7 Å². The maximum atomic E-state index is 13.5. The average Bonchev–Trinajstić information content (AvgIpc) is 2.73. The van der Waals surface area contributed by atoms with E-state index in [-0.39, 0.29) is 17.8 Å². The first-order chi connectivity index (χ1) is 14.8. The van der Waals surface area contributed by atoms with Crippen LogP contribution >= 0.6 is 11.6 Å². The summed E-state index contributed by atoms with van der Waals surface area (Å²) >= 11 is 6.11. The zero-order valence-corrected chi connectivity index (χ0v) is 18.7. The molecule has 31 heavy (non-hydrogen) atoms. The van der Waals surface area contributed by atoms with Gasteiger partial charge in [-0.3, -0.25) is 4.79 Å². The number of esters is 1. The van der Waals surface area contributed by atoms with Crippen molar-refractivity contribution >= 4 is 23.4 Å². The van der Waals surface area contributed by atoms with Crippen molar-refractivity contribution < 1.29 is 14.3 Å². The molecule has 0 saturated carbocycles. The van der Waals surface area contributed by atoms with Crippen molar-refractivity contribution in [3.05, 3.63) is 93.3 Å². The molecule has 1 heterocycles. The third-order valence-corrected chi connectivity index (χ3v) is 6.12. The lowest BCUT2D eigenvalue weighted by atomic mass is 9.72. The molecule has 0 fully saturated rings. The van der Waals surface area contributed by atoms with Gasteiger partial charge in [-0.05, 0) is 56.4 Å². The second-order valence-electron chi connectivity index (χ2n) is 8.43. The van der Waals surface area contributed by atoms with Crippen molar-refractivity contribution in [2.75, 3.05) is 0 Å². The number of ether oxygens (including phenoxy) is 1. The fraction of sp³-hybridized carbons (Fsp3) is 0.308. The molecule has 2 aromatic carbocycles. The minimum absolute atomic E-state index is 0.0601. The van der Waals surface area contributed by atoms with Crippen LogP contribution in [0.5, 0.6) is 0 Å². The van der Waals surface area contributed by atoms with E-state index in [1.165, 1.54) is 0 Å². The van der Waals surface area contributed by atoms with E-state index in [9.17, 15) is 9.59 Å². The minimum Gasteiger partial charge on any atom is -0.460 e. The molecule has 2 aromatic rings. The molecule has 2 atom stereocenters. The fourth-order valence-corrected chi connectivity index (χ4v) is 4.66. The van der Waals surface area contributed by atoms with Crippen LogP contribution in [0.15, 0.2) is 77.1 Å². The van der Waals surface area contributed by atoms with Gasteiger partial charge in [0.1, 0.15) is 0 Å². The zero-order chi connectivity index (χ0) is 22.1. The molecule has 160 valence electrons. The SMILES string of the molecule is CC1=C(C(=O)OC(C)C)[C@H](c2ccc(Cl)cc2)C2=C(C[C@H](c3ccccc3)CC2=O)N1. The Hall–Kier alpha value is -2.85. The lowest BCUT2D eigenvalue weighted by Gasteiger charge is -2.37. The summed E-state index contributed by atoms with van der Waals surface area (Å²) in [4.78, 5) is 26.5. The number of dihydropyridines is 1. The highest BCUT2D eigenvalue weighted by Crippen LogP contribution is 2.45. The van der Waals surface area contributed by atoms with Crippen LogP contribution in [0, 0.1) is 0 Å². The number of carbonyl (C=O) groups excluding carboxylic acids is 2. The molecule has 0 saturated heterocycles. The Morgan fingerprint density at radius 2 is 1.71 bits per heavy atom. The van der Waals surface area contributed by atoms with E-state index in [0.717, 1.165) is 28.9 Å². The molecule has 0 aromatic heterocycles. The minimum atomic E-state index is -0.469. The Labute approximate surface area is 187 Å². The Bertz CT molecular complexity index is 1070. The van der Waals surface area contributed by atoms with Gasteiger partial charge < -0.3 is 10.1 Å². The first-order valence-electron chi connectivity index (χ1n) is 10.6. The lowest BCUT2D eigenvalue weighted by molar-refractivity contribution is -0.143. The van der Waals surface area contributed by atoms with Crippen LogP contribution < -0.4 is 5.32 Å². The molecular formula is C26H26ClNO3. The number of allylic oxidation sites excluding steroid dienone is 3. The molecule has 4 rings (SSSR count). The van der Waals surface area contributed by atoms with Crippen LogP contribution in [-0.4, -0.2) is 17.9 Å². The largest absolute Gasteiger partial charge is 0.460 e. The lowest BCUT2D eigenvalue weighted by Crippen LogP contribution is -2.36. The van der Waals surface area contributed by atoms with E-state index >= 15 is 0 Å². The molecule has 2 aliphatic rings. The molecule has 4 nitrogen and oxygen atoms in total. The van der Waals surface area contributed by atoms with Gasteiger partial charge in [-0.25, -0.2) is 4.79 Å². The predicted octanol–water partition coefficient (Wildman–Crippen LogP) is 5.65. The van der Waals surface area contributed by atoms with E-state index < -0.39 is 11.9 Å². The molecule has 0 amide bonds. The topological polar surface area (TPSA) is 55.4 Å². The maximum absolute atomic E-state index is 13.5. The van der Waals surface area contributed by atoms with Crippen LogP contribution in [0.4, 0.5) is 0 Å². The molecule has 5 heteroatoms. The Balaban J connectivity index is 1.79. The molecule has 1 N–H and O–H groups in total. The highest BCUT2D eigenvalue weighted by atomic mass is 35.5. The smallest absolute Gasteiger partial charge is 0.337 e. The van der Waals surface area contributed by atoms with Crippen LogP contribution in [0.1, 0.15) is 56.6 Å². The van der Waals surface area contributed by atoms with Crippen molar-refractivity contribution in [1.29, 1.82) is 0 Å². The van der Waals surface area contributed by atoms with E-state index in [4.69, 9.17) is 16.3 Å². The first-order valence-corrected chi connectivity index (χ1v) is 11.0. The number of rotatable bonds is 4. The number of hydrogen-bond donors (Lipinski definition) is 1. The van der Waals surface area contributed by atoms with Gasteiger partial charge in [-0.2, -0.15) is 0 Å². The second-order valence-corrected chi connectivity index (χ2v) is 8.87. The fourth-order valence-electron chi connectivity index (χ4n) is 4.54. The average molecular weight is 436 g/mol. The van der Waals surface area contributed by atoms with Crippen molar-refractivity contribution in [3.8, 4) is 0 Å². The van der Waals surface area contributed by atoms with Gasteiger partial charge in [0.2, 0.25) is 0 Å². The van der Waals surface area contributed by atoms with Gasteiger partial charge in [0.25, 0.3) is 0 Å². The van der Waals surface area contributed by atoms with E-state index in [0.29, 0.717) is 22.6 Å². The normalized spacial score (nSPS) is 21.1. The molecule has 0 unspecified atom stereocenters. The molecule has 0 bridgehead atoms. The van der Waals surface area contributed by atoms with Gasteiger partial charge in [0.15, 0.2) is 5.78 Å². The molecule has 0 spiro atoms. The molecular weight excluding hydrogens is 410 g/mol. The van der Waals surface area contributed by atoms with Crippen molar-refractivity contribution in [3.63, 3.8) is 0 Å². The van der Waals surface area contributed by atoms with Crippen molar-refractivity contribution in [1.82, 2.24) is 5.32 Å². The van der Waals surface area contributed by atoms with E-state index in [2.05, 4.69) is 17.4 Å². The van der Waals surface area contributed by atoms with Gasteiger partial charge in [0, 0.05) is 34.3 Å². The number of benzene rings is 2. The highest BCUT2D eigenvalue weighted by molar-refractivity contribution is 6.30. The molecule has 0 radical (unpaired) electrons. The van der Waals surface area contributed by atoms with Gasteiger partial charge in [-0.1, -0.05) is 54.1 Å². The maximum Gasteiger partial charge on any atom is 0.337 e. The zero-order valence-electron chi connectivity index (χ0n) is 17.9. The Kier molecular flexibility index (Phi) is 6.01. The number of nitrogens with one attached hydrogen (secondary N) is 1. The van der Waals surface area contributed by atoms with Gasteiger partial charge in [-0.15, -0.1) is 0 Å². The van der Waals surface area contributed by atoms with Crippen LogP contribution in [-0.2, 0) is 14.3 Å². The van der Waals surface area contributed by atoms with Crippen LogP contribution in [0.2, 0.25) is 5.02 Å². The van der Waals surface area contributed by atoms with Crippen molar-refractivity contribution in [2.24, 2.45) is 0 Å². The van der Waals surface area contributed by atoms with E-state index in [1.807, 2.05) is 51.1 Å². The summed E-state index contributed by atoms with van der Waals surface area (Å²) in [6.07, 6.45) is 0.887. The Morgan fingerprint density at radius 3 is 2.35 bits per heavy atom. The summed E-state index contributed by atoms with van der Waals surface area (Å²) in [5.74, 6) is -0.693. The third kappa shape index (κ3) is 4.31. The van der Waals surface area contributed by atoms with Crippen LogP contribution in [0.3, 0.4) is 0 Å². The highest BCUT2D eigenvalue weighted by Gasteiger charge is 2.41. The number of hydrogen-bond acceptors (Lipinski definition) is 4. The summed E-state index contributed by atoms with van der Waals surface area (Å²) in [6.45, 7) is 5.52. The predicted molar refractivity (Wildman–Crippen MR) is 122 cm³/mol. The first kappa shape index (κ1) is 21.4. The van der Waals surface area contributed by atoms with E-state index in [1.54, 1.807) is 12.1 Å². The number of ketones is 1. The standard InChI is InChI=1S/C26H26ClNO3/c1-15(2)31-26(30)23-16(3)28-21-13-19(17-7-5-4-6-8-17)14-22(29)25(21)24(23)18-9-11-20(27)12-10-18/h4-12,15,19,24,28H,13-14H2,1-3H3/t19-,24-/m0/s1. The summed E-state index contributed by atoms with van der Waals surface area (Å²) in [7, 11) is 0. The third-order valence-electron chi connectivity index (χ3n) is 5.86. The second kappa shape index (κ2) is 8.72. The van der Waals surface area contributed by atoms with Gasteiger partial charge >= 0.3 is 5.97 Å². The summed E-state index contributed by atoms with van der Waals surface area (Å²) in [6, 6.07) is 17.5. The van der Waals surface area contributed by atoms with Crippen molar-refractivity contribution in [2.45, 2.75) is 51.6 Å². The Morgan fingerprint density at radius 1 is 1.03 bits per heavy atom. The summed E-state index contributed by atoms with van der Waals surface area (Å²) in [5, 5.41) is 3.98. The molecule has 1 aliphatic heterocycles. The number of carbonyl (C=O) groups is 2. The quantitative estimate of drug-likeness (QED) is 0.630. The van der Waals surface area contributed by atoms with Crippen LogP contribution in [0.25, 0.3) is 0 Å². The summed E-state index contributed by atoms with van der Waals surface area (Å²) in [5.41, 5.74) is 4.78. The monoisotopic (exact) mass is 435 g/mol. The summed E-state index contributed by atoms with van der Waals surface area (Å²) < 4.78 is 5.54. The molecule has 1 aliphatic carbocycles. The number of halogens is 1. The number of Topliss-reactive ketones (excluding diaryl/α,β-unsaturated/α-hetero) is 1.